The molecule has 0 aromatic heterocycles. The first-order valence-corrected chi connectivity index (χ1v) is 6.23. The van der Waals surface area contributed by atoms with Gasteiger partial charge in [-0.25, -0.2) is 0 Å². The van der Waals surface area contributed by atoms with E-state index in [9.17, 15) is 5.26 Å². The molecule has 0 amide bonds. The number of hydrogen-bond acceptors (Lipinski definition) is 3. The van der Waals surface area contributed by atoms with Gasteiger partial charge in [0.1, 0.15) is 6.07 Å². The first-order valence-electron chi connectivity index (χ1n) is 5.43. The van der Waals surface area contributed by atoms with Crippen molar-refractivity contribution in [2.45, 2.75) is 6.92 Å². The summed E-state index contributed by atoms with van der Waals surface area (Å²) in [6, 6.07) is 13.5. The van der Waals surface area contributed by atoms with Gasteiger partial charge in [0.2, 0.25) is 0 Å². The molecule has 90 valence electrons. The molecule has 2 rings (SSSR count). The number of nitriles is 1. The van der Waals surface area contributed by atoms with E-state index in [4.69, 9.17) is 5.73 Å². The van der Waals surface area contributed by atoms with Gasteiger partial charge in [-0.15, -0.1) is 0 Å². The number of aryl methyl sites for hydroxylation is 1. The van der Waals surface area contributed by atoms with Crippen LogP contribution in [-0.2, 0) is 0 Å². The topological polar surface area (TPSA) is 61.8 Å². The SMILES string of the molecule is Cc1cccc(Nc2cc(Br)ccc2N)c1C#N. The molecule has 0 saturated carbocycles. The maximum Gasteiger partial charge on any atom is 0.102 e. The summed E-state index contributed by atoms with van der Waals surface area (Å²) < 4.78 is 0.936. The first-order chi connectivity index (χ1) is 8.61. The van der Waals surface area contributed by atoms with E-state index >= 15 is 0 Å². The van der Waals surface area contributed by atoms with E-state index in [1.165, 1.54) is 0 Å². The molecule has 3 nitrogen and oxygen atoms in total. The molecule has 2 aromatic rings. The Bertz CT molecular complexity index is 629. The summed E-state index contributed by atoms with van der Waals surface area (Å²) in [4.78, 5) is 0. The van der Waals surface area contributed by atoms with Crippen molar-refractivity contribution in [2.24, 2.45) is 0 Å². The van der Waals surface area contributed by atoms with Gasteiger partial charge in [-0.2, -0.15) is 5.26 Å². The smallest absolute Gasteiger partial charge is 0.102 e. The Morgan fingerprint density at radius 1 is 1.22 bits per heavy atom. The maximum atomic E-state index is 9.17. The lowest BCUT2D eigenvalue weighted by Gasteiger charge is -2.12. The van der Waals surface area contributed by atoms with Crippen LogP contribution < -0.4 is 11.1 Å². The van der Waals surface area contributed by atoms with E-state index in [1.807, 2.05) is 43.3 Å². The Labute approximate surface area is 114 Å². The number of hydrogen-bond donors (Lipinski definition) is 2. The van der Waals surface area contributed by atoms with Gasteiger partial charge in [-0.1, -0.05) is 28.1 Å². The van der Waals surface area contributed by atoms with Crippen LogP contribution in [0.15, 0.2) is 40.9 Å². The van der Waals surface area contributed by atoms with Gasteiger partial charge in [0.15, 0.2) is 0 Å². The van der Waals surface area contributed by atoms with E-state index in [2.05, 4.69) is 27.3 Å². The summed E-state index contributed by atoms with van der Waals surface area (Å²) in [5.74, 6) is 0. The molecule has 0 aliphatic heterocycles. The Hall–Kier alpha value is -1.99. The van der Waals surface area contributed by atoms with Crippen molar-refractivity contribution in [3.63, 3.8) is 0 Å². The number of anilines is 3. The van der Waals surface area contributed by atoms with Gasteiger partial charge in [0.05, 0.1) is 22.6 Å². The third-order valence-corrected chi connectivity index (χ3v) is 3.16. The summed E-state index contributed by atoms with van der Waals surface area (Å²) in [5.41, 5.74) is 9.67. The normalized spacial score (nSPS) is 9.83. The molecular formula is C14H12BrN3. The van der Waals surface area contributed by atoms with Crippen LogP contribution in [0.1, 0.15) is 11.1 Å². The summed E-state index contributed by atoms with van der Waals surface area (Å²) in [6.07, 6.45) is 0. The summed E-state index contributed by atoms with van der Waals surface area (Å²) in [7, 11) is 0. The largest absolute Gasteiger partial charge is 0.397 e. The van der Waals surface area contributed by atoms with E-state index in [0.717, 1.165) is 21.4 Å². The standard InChI is InChI=1S/C14H12BrN3/c1-9-3-2-4-13(11(9)8-16)18-14-7-10(15)5-6-12(14)17/h2-7,18H,17H2,1H3. The van der Waals surface area contributed by atoms with Crippen molar-refractivity contribution in [2.75, 3.05) is 11.1 Å². The highest BCUT2D eigenvalue weighted by Gasteiger charge is 2.07. The van der Waals surface area contributed by atoms with Gasteiger partial charge in [0.25, 0.3) is 0 Å². The lowest BCUT2D eigenvalue weighted by atomic mass is 10.1. The molecule has 0 aliphatic rings. The van der Waals surface area contributed by atoms with Crippen molar-refractivity contribution in [1.29, 1.82) is 5.26 Å². The van der Waals surface area contributed by atoms with E-state index in [-0.39, 0.29) is 0 Å². The zero-order valence-electron chi connectivity index (χ0n) is 9.87. The van der Waals surface area contributed by atoms with E-state index in [0.29, 0.717) is 11.3 Å². The van der Waals surface area contributed by atoms with Crippen molar-refractivity contribution >= 4 is 33.0 Å². The molecule has 4 heteroatoms. The van der Waals surface area contributed by atoms with E-state index < -0.39 is 0 Å². The number of nitrogen functional groups attached to an aromatic ring is 1. The zero-order valence-corrected chi connectivity index (χ0v) is 11.5. The molecule has 0 bridgehead atoms. The van der Waals surface area contributed by atoms with Crippen molar-refractivity contribution in [3.05, 3.63) is 52.0 Å². The highest BCUT2D eigenvalue weighted by atomic mass is 79.9. The van der Waals surface area contributed by atoms with Crippen LogP contribution in [0, 0.1) is 18.3 Å². The van der Waals surface area contributed by atoms with Gasteiger partial charge < -0.3 is 11.1 Å². The van der Waals surface area contributed by atoms with Crippen LogP contribution in [0.5, 0.6) is 0 Å². The second kappa shape index (κ2) is 5.11. The molecule has 0 heterocycles. The molecule has 0 fully saturated rings. The highest BCUT2D eigenvalue weighted by Crippen LogP contribution is 2.29. The van der Waals surface area contributed by atoms with Crippen molar-refractivity contribution in [1.82, 2.24) is 0 Å². The molecule has 0 saturated heterocycles. The average Bonchev–Trinajstić information content (AvgIpc) is 2.34. The third-order valence-electron chi connectivity index (χ3n) is 2.67. The predicted molar refractivity (Wildman–Crippen MR) is 77.7 cm³/mol. The number of rotatable bonds is 2. The van der Waals surface area contributed by atoms with Gasteiger partial charge in [-0.3, -0.25) is 0 Å². The van der Waals surface area contributed by atoms with E-state index in [1.54, 1.807) is 0 Å². The van der Waals surface area contributed by atoms with Crippen molar-refractivity contribution < 1.29 is 0 Å². The molecule has 3 N–H and O–H groups in total. The van der Waals surface area contributed by atoms with Crippen LogP contribution in [-0.4, -0.2) is 0 Å². The number of nitrogens with two attached hydrogens (primary N) is 1. The highest BCUT2D eigenvalue weighted by molar-refractivity contribution is 9.10. The summed E-state index contributed by atoms with van der Waals surface area (Å²) >= 11 is 3.40. The minimum Gasteiger partial charge on any atom is -0.397 e. The Morgan fingerprint density at radius 3 is 2.72 bits per heavy atom. The minimum absolute atomic E-state index is 0.636. The Kier molecular flexibility index (Phi) is 3.54. The monoisotopic (exact) mass is 301 g/mol. The van der Waals surface area contributed by atoms with Crippen molar-refractivity contribution in [3.8, 4) is 6.07 Å². The fourth-order valence-corrected chi connectivity index (χ4v) is 2.06. The second-order valence-electron chi connectivity index (χ2n) is 3.97. The molecule has 0 aliphatic carbocycles. The first kappa shape index (κ1) is 12.5. The second-order valence-corrected chi connectivity index (χ2v) is 4.88. The van der Waals surface area contributed by atoms with Crippen LogP contribution in [0.4, 0.5) is 17.1 Å². The summed E-state index contributed by atoms with van der Waals surface area (Å²) in [5, 5.41) is 12.4. The molecule has 18 heavy (non-hydrogen) atoms. The summed E-state index contributed by atoms with van der Waals surface area (Å²) in [6.45, 7) is 1.91. The number of benzene rings is 2. The van der Waals surface area contributed by atoms with Gasteiger partial charge in [0, 0.05) is 4.47 Å². The Morgan fingerprint density at radius 2 is 2.00 bits per heavy atom. The molecule has 2 aromatic carbocycles. The maximum absolute atomic E-state index is 9.17. The number of nitrogens with zero attached hydrogens (tertiary/aromatic N) is 1. The molecule has 0 atom stereocenters. The lowest BCUT2D eigenvalue weighted by molar-refractivity contribution is 1.38. The average molecular weight is 302 g/mol. The fraction of sp³-hybridized carbons (Fsp3) is 0.0714. The zero-order chi connectivity index (χ0) is 13.1. The number of halogens is 1. The lowest BCUT2D eigenvalue weighted by Crippen LogP contribution is -1.99. The van der Waals surface area contributed by atoms with Gasteiger partial charge >= 0.3 is 0 Å². The third kappa shape index (κ3) is 2.47. The predicted octanol–water partition coefficient (Wildman–Crippen LogP) is 3.96. The minimum atomic E-state index is 0.636. The van der Waals surface area contributed by atoms with Crippen LogP contribution in [0.2, 0.25) is 0 Å². The molecule has 0 radical (unpaired) electrons. The molecule has 0 spiro atoms. The van der Waals surface area contributed by atoms with Gasteiger partial charge in [-0.05, 0) is 36.8 Å². The van der Waals surface area contributed by atoms with Crippen LogP contribution >= 0.6 is 15.9 Å². The number of nitrogens with one attached hydrogen (secondary N) is 1. The Balaban J connectivity index is 2.44. The van der Waals surface area contributed by atoms with Crippen LogP contribution in [0.3, 0.4) is 0 Å². The molecule has 0 unspecified atom stereocenters. The molecular weight excluding hydrogens is 290 g/mol. The fourth-order valence-electron chi connectivity index (χ4n) is 1.70. The quantitative estimate of drug-likeness (QED) is 0.826. The van der Waals surface area contributed by atoms with Crippen LogP contribution in [0.25, 0.3) is 0 Å².